The number of unbranched alkanes of at least 4 members (excludes halogenated alkanes) is 9. The van der Waals surface area contributed by atoms with Crippen molar-refractivity contribution in [2.75, 3.05) is 32.9 Å². The Bertz CT molecular complexity index is 556. The van der Waals surface area contributed by atoms with E-state index in [9.17, 15) is 40.9 Å². The maximum Gasteiger partial charge on any atom is 0.184 e. The molecular weight excluding hydrogens is 462 g/mol. The highest BCUT2D eigenvalue weighted by Crippen LogP contribution is 2.23. The van der Waals surface area contributed by atoms with E-state index in [1.165, 1.54) is 0 Å². The summed E-state index contributed by atoms with van der Waals surface area (Å²) in [5.41, 5.74) is 0. The maximum absolute atomic E-state index is 10.0. The van der Waals surface area contributed by atoms with Crippen molar-refractivity contribution in [3.05, 3.63) is 0 Å². The summed E-state index contributed by atoms with van der Waals surface area (Å²) < 4.78 is 10.7. The molecule has 0 radical (unpaired) electrons. The molecule has 2 aliphatic rings. The predicted octanol–water partition coefficient (Wildman–Crippen LogP) is -1.54. The zero-order valence-corrected chi connectivity index (χ0v) is 20.6. The van der Waals surface area contributed by atoms with Gasteiger partial charge >= 0.3 is 0 Å². The summed E-state index contributed by atoms with van der Waals surface area (Å²) in [6.07, 6.45) is 1.12. The van der Waals surface area contributed by atoms with E-state index >= 15 is 0 Å². The van der Waals surface area contributed by atoms with E-state index in [0.29, 0.717) is 13.2 Å². The lowest BCUT2D eigenvalue weighted by Crippen LogP contribution is -2.62. The summed E-state index contributed by atoms with van der Waals surface area (Å²) >= 11 is 0. The highest BCUT2D eigenvalue weighted by atomic mass is 16.7. The van der Waals surface area contributed by atoms with Crippen molar-refractivity contribution in [2.24, 2.45) is 0 Å². The van der Waals surface area contributed by atoms with Crippen LogP contribution in [0, 0.1) is 0 Å². The van der Waals surface area contributed by atoms with Gasteiger partial charge in [-0.15, -0.1) is 0 Å². The molecule has 0 aromatic carbocycles. The van der Waals surface area contributed by atoms with Crippen molar-refractivity contribution in [3.63, 3.8) is 0 Å². The fraction of sp³-hybridized carbons (Fsp3) is 1.00. The molecule has 11 heteroatoms. The summed E-state index contributed by atoms with van der Waals surface area (Å²) in [5, 5.41) is 77.7. The summed E-state index contributed by atoms with van der Waals surface area (Å²) in [4.78, 5) is 1.86. The lowest BCUT2D eigenvalue weighted by Gasteiger charge is -2.43. The van der Waals surface area contributed by atoms with E-state index < -0.39 is 61.7 Å². The molecule has 2 heterocycles. The molecule has 0 spiro atoms. The number of β-amino-alcohol motifs (C(OH)–C–C–N with tert-alkyl or cyclic N) is 1. The van der Waals surface area contributed by atoms with Crippen LogP contribution in [0.25, 0.3) is 0 Å². The van der Waals surface area contributed by atoms with Gasteiger partial charge in [0.25, 0.3) is 0 Å². The fourth-order valence-corrected chi connectivity index (χ4v) is 4.96. The van der Waals surface area contributed by atoms with Gasteiger partial charge in [0.2, 0.25) is 0 Å². The zero-order valence-electron chi connectivity index (χ0n) is 20.6. The van der Waals surface area contributed by atoms with Crippen LogP contribution in [0.5, 0.6) is 0 Å². The first-order valence-corrected chi connectivity index (χ1v) is 13.1. The molecule has 35 heavy (non-hydrogen) atoms. The smallest absolute Gasteiger partial charge is 0.184 e. The molecule has 0 aromatic heterocycles. The number of aliphatic hydroxyl groups excluding tert-OH is 8. The van der Waals surface area contributed by atoms with E-state index in [-0.39, 0.29) is 13.2 Å². The Balaban J connectivity index is 1.43. The summed E-state index contributed by atoms with van der Waals surface area (Å²) in [6, 6.07) is -0.532. The topological polar surface area (TPSA) is 184 Å². The van der Waals surface area contributed by atoms with Crippen LogP contribution in [0.1, 0.15) is 64.2 Å². The molecule has 11 nitrogen and oxygen atoms in total. The lowest BCUT2D eigenvalue weighted by atomic mass is 9.94. The number of piperidine rings is 1. The second kappa shape index (κ2) is 16.4. The van der Waals surface area contributed by atoms with Crippen molar-refractivity contribution < 1.29 is 50.3 Å². The third-order valence-corrected chi connectivity index (χ3v) is 7.21. The van der Waals surface area contributed by atoms with Crippen molar-refractivity contribution in [1.82, 2.24) is 4.90 Å². The quantitative estimate of drug-likeness (QED) is 0.113. The second-order valence-electron chi connectivity index (χ2n) is 9.89. The van der Waals surface area contributed by atoms with E-state index in [1.807, 2.05) is 4.90 Å². The first kappa shape index (κ1) is 30.8. The summed E-state index contributed by atoms with van der Waals surface area (Å²) in [5.74, 6) is 0. The van der Waals surface area contributed by atoms with Crippen LogP contribution in [0.4, 0.5) is 0 Å². The molecule has 2 saturated heterocycles. The normalized spacial score (nSPS) is 36.5. The van der Waals surface area contributed by atoms with Gasteiger partial charge in [-0.1, -0.05) is 51.4 Å². The average molecular weight is 510 g/mol. The molecule has 8 N–H and O–H groups in total. The van der Waals surface area contributed by atoms with Crippen LogP contribution in [-0.4, -0.2) is 134 Å². The molecule has 0 saturated carbocycles. The minimum atomic E-state index is -1.53. The molecular formula is C24H47NO10. The van der Waals surface area contributed by atoms with E-state index in [0.717, 1.165) is 64.2 Å². The molecule has 208 valence electrons. The van der Waals surface area contributed by atoms with E-state index in [4.69, 9.17) is 9.47 Å². The third-order valence-electron chi connectivity index (χ3n) is 7.21. The molecule has 0 amide bonds. The Kier molecular flexibility index (Phi) is 14.4. The highest BCUT2D eigenvalue weighted by Gasteiger charge is 2.44. The van der Waals surface area contributed by atoms with Crippen molar-refractivity contribution in [3.8, 4) is 0 Å². The Labute approximate surface area is 207 Å². The van der Waals surface area contributed by atoms with Gasteiger partial charge in [-0.2, -0.15) is 0 Å². The SMILES string of the molecule is OC[C@@H]1[C@@H](O)[C@H](O)[C@@H](O)CN1CCCCCCCCCCCCO[C@H]1[C@H](O)[C@@H](O)C(O)O[C@@H]1CO. The van der Waals surface area contributed by atoms with Gasteiger partial charge in [-0.05, 0) is 19.4 Å². The largest absolute Gasteiger partial charge is 0.395 e. The summed E-state index contributed by atoms with van der Waals surface area (Å²) in [6.45, 7) is 0.659. The summed E-state index contributed by atoms with van der Waals surface area (Å²) in [7, 11) is 0. The van der Waals surface area contributed by atoms with Gasteiger partial charge in [0.05, 0.1) is 25.4 Å². The Hall–Kier alpha value is -0.440. The number of aliphatic hydroxyl groups is 8. The first-order valence-electron chi connectivity index (χ1n) is 13.1. The van der Waals surface area contributed by atoms with Crippen LogP contribution in [0.15, 0.2) is 0 Å². The van der Waals surface area contributed by atoms with Crippen LogP contribution >= 0.6 is 0 Å². The number of nitrogens with zero attached hydrogens (tertiary/aromatic N) is 1. The number of ether oxygens (including phenoxy) is 2. The lowest BCUT2D eigenvalue weighted by molar-refractivity contribution is -0.294. The fourth-order valence-electron chi connectivity index (χ4n) is 4.96. The molecule has 0 aliphatic carbocycles. The first-order chi connectivity index (χ1) is 16.8. The van der Waals surface area contributed by atoms with Crippen LogP contribution in [0.3, 0.4) is 0 Å². The molecule has 0 aromatic rings. The van der Waals surface area contributed by atoms with Gasteiger partial charge in [-0.3, -0.25) is 4.90 Å². The van der Waals surface area contributed by atoms with Crippen LogP contribution < -0.4 is 0 Å². The van der Waals surface area contributed by atoms with E-state index in [2.05, 4.69) is 0 Å². The standard InChI is InChI=1S/C24H47NO10/c26-14-16-19(29)20(30)17(28)13-25(16)11-9-7-5-3-1-2-4-6-8-10-12-34-23-18(15-27)35-24(33)22(32)21(23)31/h16-24,26-33H,1-15H2/t16-,17+,18-,19-,20-,21-,22-,23-,24?/m1/s1. The second-order valence-corrected chi connectivity index (χ2v) is 9.89. The number of likely N-dealkylation sites (tertiary alicyclic amines) is 1. The minimum Gasteiger partial charge on any atom is -0.395 e. The molecule has 2 rings (SSSR count). The Morgan fingerprint density at radius 3 is 1.80 bits per heavy atom. The van der Waals surface area contributed by atoms with Gasteiger partial charge < -0.3 is 50.3 Å². The van der Waals surface area contributed by atoms with Gasteiger partial charge in [0.15, 0.2) is 6.29 Å². The highest BCUT2D eigenvalue weighted by molar-refractivity contribution is 4.94. The third kappa shape index (κ3) is 9.42. The van der Waals surface area contributed by atoms with Crippen LogP contribution in [0.2, 0.25) is 0 Å². The zero-order chi connectivity index (χ0) is 25.8. The number of rotatable bonds is 16. The average Bonchev–Trinajstić information content (AvgIpc) is 2.85. The van der Waals surface area contributed by atoms with Crippen molar-refractivity contribution in [1.29, 1.82) is 0 Å². The van der Waals surface area contributed by atoms with Gasteiger partial charge in [0, 0.05) is 13.2 Å². The molecule has 0 bridgehead atoms. The number of hydrogen-bond donors (Lipinski definition) is 8. The maximum atomic E-state index is 10.0. The van der Waals surface area contributed by atoms with Gasteiger partial charge in [0.1, 0.15) is 36.6 Å². The molecule has 1 unspecified atom stereocenters. The predicted molar refractivity (Wildman–Crippen MR) is 126 cm³/mol. The van der Waals surface area contributed by atoms with Crippen molar-refractivity contribution >= 4 is 0 Å². The monoisotopic (exact) mass is 509 g/mol. The number of hydrogen-bond acceptors (Lipinski definition) is 11. The molecule has 2 fully saturated rings. The minimum absolute atomic E-state index is 0.246. The van der Waals surface area contributed by atoms with Crippen molar-refractivity contribution in [2.45, 2.75) is 119 Å². The van der Waals surface area contributed by atoms with Gasteiger partial charge in [-0.25, -0.2) is 0 Å². The van der Waals surface area contributed by atoms with Crippen LogP contribution in [-0.2, 0) is 9.47 Å². The molecule has 9 atom stereocenters. The Morgan fingerprint density at radius 1 is 0.657 bits per heavy atom. The van der Waals surface area contributed by atoms with E-state index in [1.54, 1.807) is 0 Å². The molecule has 2 aliphatic heterocycles. The Morgan fingerprint density at radius 2 is 1.23 bits per heavy atom.